The second-order valence-electron chi connectivity index (χ2n) is 7.80. The highest BCUT2D eigenvalue weighted by Gasteiger charge is 2.20. The van der Waals surface area contributed by atoms with Crippen molar-refractivity contribution in [1.29, 1.82) is 0 Å². The molecular formula is C27H34O2. The molecule has 1 aliphatic rings. The van der Waals surface area contributed by atoms with Gasteiger partial charge in [0.25, 0.3) is 0 Å². The van der Waals surface area contributed by atoms with Gasteiger partial charge in [-0.15, -0.1) is 0 Å². The lowest BCUT2D eigenvalue weighted by molar-refractivity contribution is 0.148. The summed E-state index contributed by atoms with van der Waals surface area (Å²) < 4.78 is 11.5. The van der Waals surface area contributed by atoms with E-state index in [0.29, 0.717) is 25.7 Å². The van der Waals surface area contributed by atoms with Crippen LogP contribution in [0.3, 0.4) is 0 Å². The van der Waals surface area contributed by atoms with E-state index < -0.39 is 0 Å². The molecule has 154 valence electrons. The average molecular weight is 391 g/mol. The van der Waals surface area contributed by atoms with Gasteiger partial charge in [-0.1, -0.05) is 67.6 Å². The monoisotopic (exact) mass is 390 g/mol. The molecule has 0 atom stereocenters. The third-order valence-electron chi connectivity index (χ3n) is 5.61. The number of ether oxygens (including phenoxy) is 2. The van der Waals surface area contributed by atoms with Crippen LogP contribution in [-0.4, -0.2) is 13.2 Å². The Labute approximate surface area is 176 Å². The Morgan fingerprint density at radius 2 is 1.55 bits per heavy atom. The van der Waals surface area contributed by atoms with Gasteiger partial charge < -0.3 is 9.47 Å². The first-order chi connectivity index (χ1) is 14.3. The quantitative estimate of drug-likeness (QED) is 0.319. The first-order valence-electron chi connectivity index (χ1n) is 11.0. The number of benzene rings is 2. The van der Waals surface area contributed by atoms with Gasteiger partial charge in [-0.2, -0.15) is 0 Å². The fourth-order valence-electron chi connectivity index (χ4n) is 3.91. The maximum atomic E-state index is 5.82. The van der Waals surface area contributed by atoms with Crippen molar-refractivity contribution in [3.8, 4) is 5.75 Å². The zero-order chi connectivity index (χ0) is 20.2. The van der Waals surface area contributed by atoms with E-state index in [4.69, 9.17) is 9.47 Å². The van der Waals surface area contributed by atoms with Crippen molar-refractivity contribution < 1.29 is 9.47 Å². The molecule has 2 nitrogen and oxygen atoms in total. The average Bonchev–Trinajstić information content (AvgIpc) is 2.78. The van der Waals surface area contributed by atoms with E-state index in [2.05, 4.69) is 55.5 Å². The predicted molar refractivity (Wildman–Crippen MR) is 121 cm³/mol. The molecule has 3 rings (SSSR count). The Morgan fingerprint density at radius 3 is 2.28 bits per heavy atom. The number of rotatable bonds is 10. The molecule has 0 spiro atoms. The summed E-state index contributed by atoms with van der Waals surface area (Å²) in [6.07, 6.45) is 15.2. The van der Waals surface area contributed by atoms with Crippen LogP contribution < -0.4 is 4.74 Å². The molecule has 1 aliphatic carbocycles. The Bertz CT molecular complexity index is 738. The molecule has 0 amide bonds. The Balaban J connectivity index is 1.33. The zero-order valence-corrected chi connectivity index (χ0v) is 17.6. The van der Waals surface area contributed by atoms with Gasteiger partial charge in [0.1, 0.15) is 12.4 Å². The zero-order valence-electron chi connectivity index (χ0n) is 17.6. The summed E-state index contributed by atoms with van der Waals surface area (Å²) in [6, 6.07) is 18.9. The molecular weight excluding hydrogens is 356 g/mol. The fourth-order valence-corrected chi connectivity index (χ4v) is 3.91. The minimum atomic E-state index is 0.572. The molecule has 1 fully saturated rings. The number of allylic oxidation sites excluding steroid dienone is 2. The van der Waals surface area contributed by atoms with Gasteiger partial charge in [0.05, 0.1) is 13.2 Å². The maximum absolute atomic E-state index is 5.82. The number of hydrogen-bond acceptors (Lipinski definition) is 2. The third kappa shape index (κ3) is 7.55. The van der Waals surface area contributed by atoms with Crippen LogP contribution in [0.5, 0.6) is 5.75 Å². The lowest BCUT2D eigenvalue weighted by Crippen LogP contribution is -2.11. The summed E-state index contributed by atoms with van der Waals surface area (Å²) in [6.45, 7) is 4.03. The normalized spacial score (nSPS) is 19.8. The maximum Gasteiger partial charge on any atom is 0.119 e. The lowest BCUT2D eigenvalue weighted by Gasteiger charge is -2.27. The van der Waals surface area contributed by atoms with E-state index in [9.17, 15) is 0 Å². The summed E-state index contributed by atoms with van der Waals surface area (Å²) in [5.41, 5.74) is 2.66. The van der Waals surface area contributed by atoms with E-state index in [1.165, 1.54) is 36.8 Å². The van der Waals surface area contributed by atoms with Crippen LogP contribution in [0.1, 0.15) is 56.1 Å². The Morgan fingerprint density at radius 1 is 0.828 bits per heavy atom. The highest BCUT2D eigenvalue weighted by molar-refractivity contribution is 5.30. The van der Waals surface area contributed by atoms with Crippen molar-refractivity contribution in [2.24, 2.45) is 5.92 Å². The Kier molecular flexibility index (Phi) is 9.06. The summed E-state index contributed by atoms with van der Waals surface area (Å²) in [5, 5.41) is 0. The molecule has 0 bridgehead atoms. The van der Waals surface area contributed by atoms with Gasteiger partial charge >= 0.3 is 0 Å². The highest BCUT2D eigenvalue weighted by Crippen LogP contribution is 2.36. The summed E-state index contributed by atoms with van der Waals surface area (Å²) >= 11 is 0. The van der Waals surface area contributed by atoms with Crippen molar-refractivity contribution in [2.45, 2.75) is 51.6 Å². The van der Waals surface area contributed by atoms with Gasteiger partial charge in [0.15, 0.2) is 0 Å². The summed E-state index contributed by atoms with van der Waals surface area (Å²) in [7, 11) is 0. The predicted octanol–water partition coefficient (Wildman–Crippen LogP) is 7.08. The van der Waals surface area contributed by atoms with Crippen molar-refractivity contribution in [1.82, 2.24) is 0 Å². The van der Waals surface area contributed by atoms with Gasteiger partial charge in [0.2, 0.25) is 0 Å². The van der Waals surface area contributed by atoms with Gasteiger partial charge in [-0.3, -0.25) is 0 Å². The van der Waals surface area contributed by atoms with Crippen molar-refractivity contribution in [3.05, 3.63) is 90.0 Å². The van der Waals surface area contributed by atoms with E-state index >= 15 is 0 Å². The summed E-state index contributed by atoms with van der Waals surface area (Å²) in [4.78, 5) is 0. The van der Waals surface area contributed by atoms with Gasteiger partial charge in [-0.05, 0) is 73.3 Å². The van der Waals surface area contributed by atoms with E-state index in [-0.39, 0.29) is 0 Å². The third-order valence-corrected chi connectivity index (χ3v) is 5.61. The molecule has 29 heavy (non-hydrogen) atoms. The van der Waals surface area contributed by atoms with Gasteiger partial charge in [0, 0.05) is 0 Å². The smallest absolute Gasteiger partial charge is 0.119 e. The molecule has 0 aromatic heterocycles. The van der Waals surface area contributed by atoms with Gasteiger partial charge in [-0.25, -0.2) is 0 Å². The van der Waals surface area contributed by atoms with Crippen LogP contribution in [0.25, 0.3) is 0 Å². The lowest BCUT2D eigenvalue weighted by atomic mass is 9.78. The minimum Gasteiger partial charge on any atom is -0.490 e. The van der Waals surface area contributed by atoms with Crippen LogP contribution in [0, 0.1) is 5.92 Å². The van der Waals surface area contributed by atoms with Crippen LogP contribution in [0.2, 0.25) is 0 Å². The summed E-state index contributed by atoms with van der Waals surface area (Å²) in [5.74, 6) is 2.43. The standard InChI is InChI=1S/C27H34O2/c1-2-3-9-23-12-14-25(15-13-23)26-16-18-27(19-17-26)29-21-8-7-20-28-22-24-10-5-4-6-11-24/h3-11,16-19,23,25H,2,12-15,20-22H2,1H3/b8-7+,9-3+. The van der Waals surface area contributed by atoms with Crippen molar-refractivity contribution >= 4 is 0 Å². The largest absolute Gasteiger partial charge is 0.490 e. The first-order valence-corrected chi connectivity index (χ1v) is 11.0. The molecule has 0 heterocycles. The molecule has 0 aliphatic heterocycles. The molecule has 0 N–H and O–H groups in total. The van der Waals surface area contributed by atoms with Crippen LogP contribution >= 0.6 is 0 Å². The Hall–Kier alpha value is -2.32. The van der Waals surface area contributed by atoms with E-state index in [1.54, 1.807) is 0 Å². The molecule has 0 unspecified atom stereocenters. The van der Waals surface area contributed by atoms with Crippen LogP contribution in [0.4, 0.5) is 0 Å². The van der Waals surface area contributed by atoms with Crippen LogP contribution in [0.15, 0.2) is 78.9 Å². The molecule has 2 aromatic carbocycles. The molecule has 0 saturated heterocycles. The SMILES string of the molecule is CC/C=C/C1CCC(c2ccc(OC/C=C/COCc3ccccc3)cc2)CC1. The van der Waals surface area contributed by atoms with E-state index in [1.807, 2.05) is 30.4 Å². The van der Waals surface area contributed by atoms with E-state index in [0.717, 1.165) is 18.1 Å². The highest BCUT2D eigenvalue weighted by atomic mass is 16.5. The van der Waals surface area contributed by atoms with Crippen molar-refractivity contribution in [3.63, 3.8) is 0 Å². The van der Waals surface area contributed by atoms with Crippen molar-refractivity contribution in [2.75, 3.05) is 13.2 Å². The van der Waals surface area contributed by atoms with Crippen LogP contribution in [-0.2, 0) is 11.3 Å². The molecule has 2 heteroatoms. The minimum absolute atomic E-state index is 0.572. The second-order valence-corrected chi connectivity index (χ2v) is 7.80. The molecule has 2 aromatic rings. The topological polar surface area (TPSA) is 18.5 Å². The fraction of sp³-hybridized carbons (Fsp3) is 0.407. The molecule has 1 saturated carbocycles. The molecule has 0 radical (unpaired) electrons. The number of hydrogen-bond donors (Lipinski definition) is 0. The first kappa shape index (κ1) is 21.4. The second kappa shape index (κ2) is 12.3.